The molecule has 0 radical (unpaired) electrons. The molecule has 0 spiro atoms. The van der Waals surface area contributed by atoms with Gasteiger partial charge in [-0.2, -0.15) is 0 Å². The fraction of sp³-hybridized carbons (Fsp3) is 1.00. The van der Waals surface area contributed by atoms with Crippen molar-refractivity contribution in [3.8, 4) is 0 Å². The van der Waals surface area contributed by atoms with E-state index < -0.39 is 0 Å². The lowest BCUT2D eigenvalue weighted by molar-refractivity contribution is -0.277. The quantitative estimate of drug-likeness (QED) is 0.514. The fourth-order valence-electron chi connectivity index (χ4n) is 4.90. The second kappa shape index (κ2) is 1.76. The summed E-state index contributed by atoms with van der Waals surface area (Å²) in [7, 11) is 0. The number of hydrogen-bond donors (Lipinski definition) is 0. The van der Waals surface area contributed by atoms with Gasteiger partial charge in [-0.3, -0.25) is 0 Å². The summed E-state index contributed by atoms with van der Waals surface area (Å²) in [5.41, 5.74) is 1.54. The SMILES string of the molecule is CC1CC2CC3CC(C)(C1)C23C. The summed E-state index contributed by atoms with van der Waals surface area (Å²) in [5, 5.41) is 0. The molecule has 68 valence electrons. The molecule has 0 saturated heterocycles. The largest absolute Gasteiger partial charge is 0.0625 e. The average Bonchev–Trinajstić information content (AvgIpc) is 1.97. The Hall–Kier alpha value is 0. The third-order valence-corrected chi connectivity index (χ3v) is 5.75. The Labute approximate surface area is 75.7 Å². The maximum Gasteiger partial charge on any atom is -0.0215 e. The highest BCUT2D eigenvalue weighted by atomic mass is 14.7. The highest BCUT2D eigenvalue weighted by molar-refractivity contribution is 5.19. The highest BCUT2D eigenvalue weighted by Gasteiger charge is 2.70. The van der Waals surface area contributed by atoms with Crippen LogP contribution in [0.25, 0.3) is 0 Å². The van der Waals surface area contributed by atoms with Crippen LogP contribution >= 0.6 is 0 Å². The molecular weight excluding hydrogens is 144 g/mol. The minimum Gasteiger partial charge on any atom is -0.0625 e. The second-order valence-corrected chi connectivity index (χ2v) is 6.22. The summed E-state index contributed by atoms with van der Waals surface area (Å²) in [6, 6.07) is 0. The minimum atomic E-state index is 0.748. The lowest BCUT2D eigenvalue weighted by Crippen LogP contribution is -2.69. The van der Waals surface area contributed by atoms with Gasteiger partial charge in [-0.05, 0) is 54.3 Å². The maximum atomic E-state index is 2.57. The molecule has 3 aliphatic rings. The van der Waals surface area contributed by atoms with Crippen LogP contribution in [0.1, 0.15) is 46.5 Å². The van der Waals surface area contributed by atoms with Gasteiger partial charge in [-0.25, -0.2) is 0 Å². The summed E-state index contributed by atoms with van der Waals surface area (Å²) in [5.74, 6) is 3.24. The fourth-order valence-corrected chi connectivity index (χ4v) is 4.90. The average molecular weight is 164 g/mol. The summed E-state index contributed by atoms with van der Waals surface area (Å²) in [6.07, 6.45) is 6.15. The third kappa shape index (κ3) is 0.533. The van der Waals surface area contributed by atoms with Crippen LogP contribution in [-0.4, -0.2) is 0 Å². The lowest BCUT2D eigenvalue weighted by Gasteiger charge is -2.76. The molecule has 0 aromatic heterocycles. The topological polar surface area (TPSA) is 0 Å². The van der Waals surface area contributed by atoms with Gasteiger partial charge >= 0.3 is 0 Å². The van der Waals surface area contributed by atoms with Crippen LogP contribution in [0.15, 0.2) is 0 Å². The van der Waals surface area contributed by atoms with E-state index in [0.717, 1.165) is 28.6 Å². The van der Waals surface area contributed by atoms with Gasteiger partial charge in [0.15, 0.2) is 0 Å². The Bertz CT molecular complexity index is 232. The van der Waals surface area contributed by atoms with E-state index in [2.05, 4.69) is 20.8 Å². The predicted octanol–water partition coefficient (Wildman–Crippen LogP) is 3.47. The Morgan fingerprint density at radius 3 is 2.33 bits per heavy atom. The first kappa shape index (κ1) is 7.41. The van der Waals surface area contributed by atoms with Crippen molar-refractivity contribution in [2.75, 3.05) is 0 Å². The Morgan fingerprint density at radius 2 is 1.75 bits per heavy atom. The van der Waals surface area contributed by atoms with E-state index in [1.165, 1.54) is 12.8 Å². The molecule has 12 heavy (non-hydrogen) atoms. The van der Waals surface area contributed by atoms with Crippen molar-refractivity contribution in [1.82, 2.24) is 0 Å². The smallest absolute Gasteiger partial charge is 0.0215 e. The van der Waals surface area contributed by atoms with Gasteiger partial charge in [0.1, 0.15) is 0 Å². The van der Waals surface area contributed by atoms with Gasteiger partial charge in [0, 0.05) is 0 Å². The van der Waals surface area contributed by atoms with Crippen molar-refractivity contribution in [3.63, 3.8) is 0 Å². The molecule has 0 heterocycles. The molecule has 5 unspecified atom stereocenters. The normalized spacial score (nSPS) is 67.8. The first-order valence-electron chi connectivity index (χ1n) is 5.56. The van der Waals surface area contributed by atoms with E-state index in [-0.39, 0.29) is 0 Å². The summed E-state index contributed by atoms with van der Waals surface area (Å²) in [4.78, 5) is 0. The molecule has 0 aromatic rings. The monoisotopic (exact) mass is 164 g/mol. The van der Waals surface area contributed by atoms with Gasteiger partial charge in [-0.1, -0.05) is 20.8 Å². The molecule has 0 nitrogen and oxygen atoms in total. The van der Waals surface area contributed by atoms with Gasteiger partial charge in [0.25, 0.3) is 0 Å². The summed E-state index contributed by atoms with van der Waals surface area (Å²) in [6.45, 7) is 7.57. The third-order valence-electron chi connectivity index (χ3n) is 5.75. The zero-order chi connectivity index (χ0) is 8.56. The van der Waals surface area contributed by atoms with E-state index in [1.807, 2.05) is 0 Å². The number of hydrogen-bond acceptors (Lipinski definition) is 0. The van der Waals surface area contributed by atoms with Crippen LogP contribution in [0.4, 0.5) is 0 Å². The molecule has 3 fully saturated rings. The van der Waals surface area contributed by atoms with Crippen LogP contribution in [0.5, 0.6) is 0 Å². The Morgan fingerprint density at radius 1 is 1.00 bits per heavy atom. The molecule has 3 saturated carbocycles. The number of rotatable bonds is 0. The van der Waals surface area contributed by atoms with Crippen LogP contribution in [0.2, 0.25) is 0 Å². The molecule has 0 bridgehead atoms. The summed E-state index contributed by atoms with van der Waals surface area (Å²) < 4.78 is 0. The summed E-state index contributed by atoms with van der Waals surface area (Å²) >= 11 is 0. The van der Waals surface area contributed by atoms with Crippen molar-refractivity contribution in [2.24, 2.45) is 28.6 Å². The Kier molecular flexibility index (Phi) is 1.09. The molecule has 0 amide bonds. The highest BCUT2D eigenvalue weighted by Crippen LogP contribution is 2.78. The van der Waals surface area contributed by atoms with Crippen LogP contribution < -0.4 is 0 Å². The van der Waals surface area contributed by atoms with Gasteiger partial charge in [0.05, 0.1) is 0 Å². The Balaban J connectivity index is 1.95. The van der Waals surface area contributed by atoms with E-state index in [9.17, 15) is 0 Å². The van der Waals surface area contributed by atoms with Crippen molar-refractivity contribution in [1.29, 1.82) is 0 Å². The minimum absolute atomic E-state index is 0.748. The zero-order valence-corrected chi connectivity index (χ0v) is 8.56. The van der Waals surface area contributed by atoms with E-state index in [1.54, 1.807) is 12.8 Å². The van der Waals surface area contributed by atoms with Crippen molar-refractivity contribution >= 4 is 0 Å². The molecule has 0 heteroatoms. The van der Waals surface area contributed by atoms with E-state index >= 15 is 0 Å². The van der Waals surface area contributed by atoms with Crippen LogP contribution in [0.3, 0.4) is 0 Å². The van der Waals surface area contributed by atoms with Crippen molar-refractivity contribution in [3.05, 3.63) is 0 Å². The predicted molar refractivity (Wildman–Crippen MR) is 50.8 cm³/mol. The molecule has 3 aliphatic carbocycles. The van der Waals surface area contributed by atoms with E-state index in [0.29, 0.717) is 0 Å². The van der Waals surface area contributed by atoms with Crippen molar-refractivity contribution in [2.45, 2.75) is 46.5 Å². The molecule has 3 rings (SSSR count). The van der Waals surface area contributed by atoms with E-state index in [4.69, 9.17) is 0 Å². The van der Waals surface area contributed by atoms with Crippen LogP contribution in [0, 0.1) is 28.6 Å². The van der Waals surface area contributed by atoms with Gasteiger partial charge < -0.3 is 0 Å². The van der Waals surface area contributed by atoms with Gasteiger partial charge in [-0.15, -0.1) is 0 Å². The molecule has 5 atom stereocenters. The maximum absolute atomic E-state index is 2.57. The lowest BCUT2D eigenvalue weighted by atomic mass is 9.28. The molecule has 0 aromatic carbocycles. The molecular formula is C12H20. The van der Waals surface area contributed by atoms with Crippen molar-refractivity contribution < 1.29 is 0 Å². The second-order valence-electron chi connectivity index (χ2n) is 6.22. The first-order chi connectivity index (χ1) is 5.56. The standard InChI is InChI=1S/C12H20/c1-8-4-9-5-10-7-11(2,6-8)12(9,10)3/h8-10H,4-7H2,1-3H3. The molecule has 0 aliphatic heterocycles. The van der Waals surface area contributed by atoms with Gasteiger partial charge in [0.2, 0.25) is 0 Å². The molecule has 0 N–H and O–H groups in total. The van der Waals surface area contributed by atoms with Crippen LogP contribution in [-0.2, 0) is 0 Å². The first-order valence-corrected chi connectivity index (χ1v) is 5.56. The zero-order valence-electron chi connectivity index (χ0n) is 8.56.